The van der Waals surface area contributed by atoms with E-state index in [2.05, 4.69) is 44.3 Å². The van der Waals surface area contributed by atoms with E-state index in [-0.39, 0.29) is 0 Å². The van der Waals surface area contributed by atoms with Gasteiger partial charge in [-0.25, -0.2) is 0 Å². The molecule has 102 valence electrons. The average molecular weight is 250 g/mol. The summed E-state index contributed by atoms with van der Waals surface area (Å²) in [6.07, 6.45) is 1.09. The molecule has 3 nitrogen and oxygen atoms in total. The molecule has 0 fully saturated rings. The highest BCUT2D eigenvalue weighted by Crippen LogP contribution is 2.28. The van der Waals surface area contributed by atoms with Crippen LogP contribution in [-0.4, -0.2) is 20.2 Å². The van der Waals surface area contributed by atoms with Crippen LogP contribution >= 0.6 is 0 Å². The molecule has 0 saturated carbocycles. The van der Waals surface area contributed by atoms with Gasteiger partial charge in [-0.1, -0.05) is 33.3 Å². The van der Waals surface area contributed by atoms with Crippen molar-refractivity contribution in [2.24, 2.45) is 11.7 Å². The molecule has 0 aromatic heterocycles. The average Bonchev–Trinajstić information content (AvgIpc) is 2.39. The van der Waals surface area contributed by atoms with Crippen LogP contribution in [0.25, 0.3) is 0 Å². The Bertz CT molecular complexity index is 360. The third-order valence-corrected chi connectivity index (χ3v) is 3.38. The third kappa shape index (κ3) is 3.91. The predicted octanol–water partition coefficient (Wildman–Crippen LogP) is 3.22. The fourth-order valence-electron chi connectivity index (χ4n) is 1.86. The number of methoxy groups -OCH3 is 1. The lowest BCUT2D eigenvalue weighted by Gasteiger charge is -2.17. The highest BCUT2D eigenvalue weighted by molar-refractivity contribution is 5.58. The second kappa shape index (κ2) is 7.27. The maximum atomic E-state index is 5.71. The van der Waals surface area contributed by atoms with E-state index in [4.69, 9.17) is 10.5 Å². The molecule has 3 heteroatoms. The summed E-state index contributed by atoms with van der Waals surface area (Å²) < 4.78 is 5.44. The summed E-state index contributed by atoms with van der Waals surface area (Å²) >= 11 is 0. The van der Waals surface area contributed by atoms with E-state index >= 15 is 0 Å². The van der Waals surface area contributed by atoms with Gasteiger partial charge < -0.3 is 15.8 Å². The molecule has 1 aromatic rings. The van der Waals surface area contributed by atoms with Gasteiger partial charge in [0.05, 0.1) is 12.8 Å². The summed E-state index contributed by atoms with van der Waals surface area (Å²) in [7, 11) is 1.71. The van der Waals surface area contributed by atoms with Gasteiger partial charge in [0.25, 0.3) is 0 Å². The summed E-state index contributed by atoms with van der Waals surface area (Å²) in [5.41, 5.74) is 8.06. The van der Waals surface area contributed by atoms with Gasteiger partial charge in [0, 0.05) is 6.54 Å². The Morgan fingerprint density at radius 3 is 2.56 bits per heavy atom. The number of anilines is 1. The smallest absolute Gasteiger partial charge is 0.142 e. The van der Waals surface area contributed by atoms with Crippen LogP contribution < -0.4 is 15.8 Å². The summed E-state index contributed by atoms with van der Waals surface area (Å²) in [6, 6.07) is 6.35. The number of rotatable bonds is 7. The van der Waals surface area contributed by atoms with Crippen LogP contribution in [0, 0.1) is 5.92 Å². The lowest BCUT2D eigenvalue weighted by molar-refractivity contribution is 0.415. The lowest BCUT2D eigenvalue weighted by atomic mass is 10.0. The van der Waals surface area contributed by atoms with Gasteiger partial charge in [-0.05, 0) is 36.1 Å². The molecule has 1 unspecified atom stereocenters. The van der Waals surface area contributed by atoms with Gasteiger partial charge in [-0.3, -0.25) is 0 Å². The van der Waals surface area contributed by atoms with Gasteiger partial charge >= 0.3 is 0 Å². The Hall–Kier alpha value is -1.22. The second-order valence-electron chi connectivity index (χ2n) is 5.01. The fourth-order valence-corrected chi connectivity index (χ4v) is 1.86. The molecule has 0 heterocycles. The largest absolute Gasteiger partial charge is 0.495 e. The minimum Gasteiger partial charge on any atom is -0.495 e. The maximum Gasteiger partial charge on any atom is 0.142 e. The molecular weight excluding hydrogens is 224 g/mol. The van der Waals surface area contributed by atoms with E-state index < -0.39 is 0 Å². The SMILES string of the molecule is CCC(CN)CNc1ccc(C(C)C)cc1OC. The van der Waals surface area contributed by atoms with Crippen molar-refractivity contribution < 1.29 is 4.74 Å². The first-order valence-corrected chi connectivity index (χ1v) is 6.74. The molecule has 3 N–H and O–H groups in total. The topological polar surface area (TPSA) is 47.3 Å². The van der Waals surface area contributed by atoms with Crippen molar-refractivity contribution in [1.82, 2.24) is 0 Å². The van der Waals surface area contributed by atoms with Gasteiger partial charge in [0.2, 0.25) is 0 Å². The Kier molecular flexibility index (Phi) is 5.99. The quantitative estimate of drug-likeness (QED) is 0.781. The van der Waals surface area contributed by atoms with E-state index in [0.29, 0.717) is 11.8 Å². The maximum absolute atomic E-state index is 5.71. The van der Waals surface area contributed by atoms with Crippen LogP contribution in [0.4, 0.5) is 5.69 Å². The molecule has 0 amide bonds. The number of ether oxygens (including phenoxy) is 1. The van der Waals surface area contributed by atoms with Crippen molar-refractivity contribution in [2.45, 2.75) is 33.1 Å². The first-order valence-electron chi connectivity index (χ1n) is 6.74. The van der Waals surface area contributed by atoms with Crippen molar-refractivity contribution in [3.8, 4) is 5.75 Å². The Morgan fingerprint density at radius 1 is 1.33 bits per heavy atom. The highest BCUT2D eigenvalue weighted by atomic mass is 16.5. The van der Waals surface area contributed by atoms with Crippen LogP contribution in [0.5, 0.6) is 5.75 Å². The minimum atomic E-state index is 0.513. The van der Waals surface area contributed by atoms with Crippen LogP contribution in [0.15, 0.2) is 18.2 Å². The molecule has 0 aliphatic carbocycles. The molecule has 1 atom stereocenters. The molecule has 0 bridgehead atoms. The molecule has 0 radical (unpaired) electrons. The van der Waals surface area contributed by atoms with E-state index in [1.54, 1.807) is 7.11 Å². The summed E-state index contributed by atoms with van der Waals surface area (Å²) in [5, 5.41) is 3.43. The molecule has 0 spiro atoms. The molecule has 0 aliphatic rings. The third-order valence-electron chi connectivity index (χ3n) is 3.38. The lowest BCUT2D eigenvalue weighted by Crippen LogP contribution is -2.22. The monoisotopic (exact) mass is 250 g/mol. The number of hydrogen-bond acceptors (Lipinski definition) is 3. The standard InChI is InChI=1S/C15H26N2O/c1-5-12(9-16)10-17-14-7-6-13(11(2)3)8-15(14)18-4/h6-8,11-12,17H,5,9-10,16H2,1-4H3. The van der Waals surface area contributed by atoms with Crippen molar-refractivity contribution in [3.05, 3.63) is 23.8 Å². The van der Waals surface area contributed by atoms with Crippen LogP contribution in [0.2, 0.25) is 0 Å². The number of benzene rings is 1. The second-order valence-corrected chi connectivity index (χ2v) is 5.01. The molecule has 0 aliphatic heterocycles. The highest BCUT2D eigenvalue weighted by Gasteiger charge is 2.08. The van der Waals surface area contributed by atoms with Crippen LogP contribution in [-0.2, 0) is 0 Å². The molecule has 18 heavy (non-hydrogen) atoms. The van der Waals surface area contributed by atoms with Crippen LogP contribution in [0.3, 0.4) is 0 Å². The molecule has 0 saturated heterocycles. The fraction of sp³-hybridized carbons (Fsp3) is 0.600. The normalized spacial score (nSPS) is 12.6. The van der Waals surface area contributed by atoms with Gasteiger partial charge in [0.15, 0.2) is 0 Å². The van der Waals surface area contributed by atoms with Crippen molar-refractivity contribution in [1.29, 1.82) is 0 Å². The zero-order chi connectivity index (χ0) is 13.5. The molecule has 1 aromatic carbocycles. The van der Waals surface area contributed by atoms with Gasteiger partial charge in [-0.2, -0.15) is 0 Å². The van der Waals surface area contributed by atoms with Crippen LogP contribution in [0.1, 0.15) is 38.7 Å². The first-order chi connectivity index (χ1) is 8.62. The van der Waals surface area contributed by atoms with E-state index in [9.17, 15) is 0 Å². The number of nitrogens with one attached hydrogen (secondary N) is 1. The Balaban J connectivity index is 2.76. The van der Waals surface area contributed by atoms with E-state index in [1.165, 1.54) is 5.56 Å². The van der Waals surface area contributed by atoms with E-state index in [0.717, 1.165) is 30.9 Å². The predicted molar refractivity (Wildman–Crippen MR) is 78.4 cm³/mol. The number of nitrogens with two attached hydrogens (primary N) is 1. The van der Waals surface area contributed by atoms with Crippen molar-refractivity contribution >= 4 is 5.69 Å². The van der Waals surface area contributed by atoms with Gasteiger partial charge in [-0.15, -0.1) is 0 Å². The van der Waals surface area contributed by atoms with Gasteiger partial charge in [0.1, 0.15) is 5.75 Å². The Labute approximate surface area is 111 Å². The molecule has 1 rings (SSSR count). The van der Waals surface area contributed by atoms with E-state index in [1.807, 2.05) is 0 Å². The zero-order valence-electron chi connectivity index (χ0n) is 12.0. The summed E-state index contributed by atoms with van der Waals surface area (Å²) in [4.78, 5) is 0. The minimum absolute atomic E-state index is 0.513. The number of hydrogen-bond donors (Lipinski definition) is 2. The Morgan fingerprint density at radius 2 is 2.06 bits per heavy atom. The van der Waals surface area contributed by atoms with Crippen molar-refractivity contribution in [2.75, 3.05) is 25.5 Å². The summed E-state index contributed by atoms with van der Waals surface area (Å²) in [6.45, 7) is 8.14. The zero-order valence-corrected chi connectivity index (χ0v) is 12.0. The molecular formula is C15H26N2O. The summed E-state index contributed by atoms with van der Waals surface area (Å²) in [5.74, 6) is 1.94. The van der Waals surface area contributed by atoms with Crippen molar-refractivity contribution in [3.63, 3.8) is 0 Å². The first kappa shape index (κ1) is 14.8.